The third-order valence-electron chi connectivity index (χ3n) is 2.01. The molecule has 0 saturated heterocycles. The Hall–Kier alpha value is -1.33. The zero-order valence-electron chi connectivity index (χ0n) is 11.3. The quantitative estimate of drug-likeness (QED) is 0.704. The first kappa shape index (κ1) is 16.7. The molecule has 0 spiro atoms. The molecule has 0 aliphatic carbocycles. The van der Waals surface area contributed by atoms with E-state index in [1.165, 1.54) is 17.1 Å². The Kier molecular flexibility index (Phi) is 6.65. The SMILES string of the molecule is C=CC(O)CN(CC(O)C=C)C(=O)OC(C)(C)C. The molecule has 2 atom stereocenters. The molecule has 0 radical (unpaired) electrons. The average Bonchev–Trinajstić information content (AvgIpc) is 2.25. The van der Waals surface area contributed by atoms with Crippen LogP contribution in [0.15, 0.2) is 25.3 Å². The first-order valence-electron chi connectivity index (χ1n) is 5.78. The largest absolute Gasteiger partial charge is 0.444 e. The third-order valence-corrected chi connectivity index (χ3v) is 2.01. The van der Waals surface area contributed by atoms with Crippen molar-refractivity contribution in [1.82, 2.24) is 4.90 Å². The highest BCUT2D eigenvalue weighted by molar-refractivity contribution is 5.68. The Morgan fingerprint density at radius 2 is 1.61 bits per heavy atom. The summed E-state index contributed by atoms with van der Waals surface area (Å²) in [6, 6.07) is 0. The number of hydrogen-bond acceptors (Lipinski definition) is 4. The smallest absolute Gasteiger partial charge is 0.410 e. The van der Waals surface area contributed by atoms with Crippen LogP contribution in [0.5, 0.6) is 0 Å². The van der Waals surface area contributed by atoms with E-state index in [0.717, 1.165) is 0 Å². The van der Waals surface area contributed by atoms with Crippen LogP contribution in [0.3, 0.4) is 0 Å². The Balaban J connectivity index is 4.68. The highest BCUT2D eigenvalue weighted by atomic mass is 16.6. The topological polar surface area (TPSA) is 70.0 Å². The average molecular weight is 257 g/mol. The molecule has 0 aliphatic rings. The fourth-order valence-corrected chi connectivity index (χ4v) is 1.15. The second kappa shape index (κ2) is 7.18. The van der Waals surface area contributed by atoms with E-state index in [4.69, 9.17) is 4.74 Å². The minimum absolute atomic E-state index is 0.0172. The van der Waals surface area contributed by atoms with Crippen LogP contribution in [0.1, 0.15) is 20.8 Å². The zero-order chi connectivity index (χ0) is 14.3. The van der Waals surface area contributed by atoms with Crippen molar-refractivity contribution in [1.29, 1.82) is 0 Å². The van der Waals surface area contributed by atoms with E-state index >= 15 is 0 Å². The van der Waals surface area contributed by atoms with Crippen molar-refractivity contribution in [2.24, 2.45) is 0 Å². The third kappa shape index (κ3) is 7.09. The van der Waals surface area contributed by atoms with Gasteiger partial charge in [-0.25, -0.2) is 4.79 Å². The molecule has 0 aromatic carbocycles. The summed E-state index contributed by atoms with van der Waals surface area (Å²) in [5, 5.41) is 19.0. The monoisotopic (exact) mass is 257 g/mol. The predicted octanol–water partition coefficient (Wildman–Crippen LogP) is 1.32. The van der Waals surface area contributed by atoms with E-state index in [0.29, 0.717) is 0 Å². The fourth-order valence-electron chi connectivity index (χ4n) is 1.15. The van der Waals surface area contributed by atoms with Gasteiger partial charge in [0.05, 0.1) is 25.3 Å². The van der Waals surface area contributed by atoms with Gasteiger partial charge in [0.1, 0.15) is 5.60 Å². The van der Waals surface area contributed by atoms with Gasteiger partial charge in [-0.3, -0.25) is 0 Å². The van der Waals surface area contributed by atoms with Crippen molar-refractivity contribution in [2.75, 3.05) is 13.1 Å². The summed E-state index contributed by atoms with van der Waals surface area (Å²) >= 11 is 0. The zero-order valence-corrected chi connectivity index (χ0v) is 11.3. The summed E-state index contributed by atoms with van der Waals surface area (Å²) in [6.07, 6.45) is 0.309. The highest BCUT2D eigenvalue weighted by Crippen LogP contribution is 2.11. The Bertz CT molecular complexity index is 280. The number of aliphatic hydroxyl groups is 2. The van der Waals surface area contributed by atoms with Crippen LogP contribution in [0.25, 0.3) is 0 Å². The maximum absolute atomic E-state index is 11.9. The van der Waals surface area contributed by atoms with Crippen molar-refractivity contribution in [3.8, 4) is 0 Å². The van der Waals surface area contributed by atoms with Gasteiger partial charge >= 0.3 is 6.09 Å². The molecule has 0 fully saturated rings. The number of rotatable bonds is 6. The molecule has 0 bridgehead atoms. The molecule has 1 amide bonds. The molecule has 104 valence electrons. The van der Waals surface area contributed by atoms with Crippen LogP contribution in [0.4, 0.5) is 4.79 Å². The van der Waals surface area contributed by atoms with Crippen LogP contribution in [-0.4, -0.2) is 52.1 Å². The van der Waals surface area contributed by atoms with E-state index in [9.17, 15) is 15.0 Å². The van der Waals surface area contributed by atoms with Crippen LogP contribution in [0, 0.1) is 0 Å². The van der Waals surface area contributed by atoms with Crippen LogP contribution < -0.4 is 0 Å². The lowest BCUT2D eigenvalue weighted by Crippen LogP contribution is -2.43. The molecule has 0 saturated carbocycles. The molecular formula is C13H23NO4. The molecule has 0 aromatic rings. The predicted molar refractivity (Wildman–Crippen MR) is 70.2 cm³/mol. The summed E-state index contributed by atoms with van der Waals surface area (Å²) in [4.78, 5) is 13.1. The summed E-state index contributed by atoms with van der Waals surface area (Å²) in [5.41, 5.74) is -0.631. The number of amides is 1. The van der Waals surface area contributed by atoms with Gasteiger partial charge in [0, 0.05) is 0 Å². The molecule has 5 heteroatoms. The van der Waals surface area contributed by atoms with Gasteiger partial charge < -0.3 is 19.8 Å². The fraction of sp³-hybridized carbons (Fsp3) is 0.615. The number of nitrogens with zero attached hydrogens (tertiary/aromatic N) is 1. The van der Waals surface area contributed by atoms with E-state index in [1.807, 2.05) is 0 Å². The Morgan fingerprint density at radius 3 is 1.89 bits per heavy atom. The van der Waals surface area contributed by atoms with Gasteiger partial charge in [-0.2, -0.15) is 0 Å². The van der Waals surface area contributed by atoms with Crippen molar-refractivity contribution in [3.63, 3.8) is 0 Å². The molecule has 2 N–H and O–H groups in total. The van der Waals surface area contributed by atoms with E-state index in [1.54, 1.807) is 20.8 Å². The maximum atomic E-state index is 11.9. The molecular weight excluding hydrogens is 234 g/mol. The maximum Gasteiger partial charge on any atom is 0.410 e. The molecule has 0 aromatic heterocycles. The minimum atomic E-state index is -0.866. The Morgan fingerprint density at radius 1 is 1.22 bits per heavy atom. The Labute approximate surface area is 108 Å². The van der Waals surface area contributed by atoms with E-state index < -0.39 is 23.9 Å². The summed E-state index contributed by atoms with van der Waals surface area (Å²) in [5.74, 6) is 0. The molecule has 2 unspecified atom stereocenters. The lowest BCUT2D eigenvalue weighted by molar-refractivity contribution is 0.0108. The lowest BCUT2D eigenvalue weighted by atomic mass is 10.2. The number of aliphatic hydroxyl groups excluding tert-OH is 2. The number of ether oxygens (including phenoxy) is 1. The normalized spacial score (nSPS) is 14.5. The van der Waals surface area contributed by atoms with Gasteiger partial charge in [0.15, 0.2) is 0 Å². The number of hydrogen-bond donors (Lipinski definition) is 2. The van der Waals surface area contributed by atoms with Crippen molar-refractivity contribution >= 4 is 6.09 Å². The standard InChI is InChI=1S/C13H23NO4/c1-6-10(15)8-14(9-11(16)7-2)12(17)18-13(3,4)5/h6-7,10-11,15-16H,1-2,8-9H2,3-5H3. The number of carbonyl (C=O) groups excluding carboxylic acids is 1. The molecule has 0 aliphatic heterocycles. The van der Waals surface area contributed by atoms with Gasteiger partial charge in [0.2, 0.25) is 0 Å². The molecule has 18 heavy (non-hydrogen) atoms. The van der Waals surface area contributed by atoms with Crippen molar-refractivity contribution < 1.29 is 19.7 Å². The van der Waals surface area contributed by atoms with E-state index in [2.05, 4.69) is 13.2 Å². The molecule has 5 nitrogen and oxygen atoms in total. The van der Waals surface area contributed by atoms with Crippen LogP contribution >= 0.6 is 0 Å². The first-order valence-corrected chi connectivity index (χ1v) is 5.78. The van der Waals surface area contributed by atoms with Crippen molar-refractivity contribution in [2.45, 2.75) is 38.6 Å². The first-order chi connectivity index (χ1) is 8.19. The summed E-state index contributed by atoms with van der Waals surface area (Å²) in [6.45, 7) is 12.1. The van der Waals surface area contributed by atoms with Gasteiger partial charge in [-0.05, 0) is 20.8 Å². The lowest BCUT2D eigenvalue weighted by Gasteiger charge is -2.29. The highest BCUT2D eigenvalue weighted by Gasteiger charge is 2.24. The van der Waals surface area contributed by atoms with Crippen LogP contribution in [-0.2, 0) is 4.74 Å². The summed E-state index contributed by atoms with van der Waals surface area (Å²) < 4.78 is 5.19. The van der Waals surface area contributed by atoms with Gasteiger partial charge in [-0.15, -0.1) is 13.2 Å². The number of carbonyl (C=O) groups is 1. The minimum Gasteiger partial charge on any atom is -0.444 e. The van der Waals surface area contributed by atoms with Crippen molar-refractivity contribution in [3.05, 3.63) is 25.3 Å². The van der Waals surface area contributed by atoms with E-state index in [-0.39, 0.29) is 13.1 Å². The van der Waals surface area contributed by atoms with Crippen LogP contribution in [0.2, 0.25) is 0 Å². The van der Waals surface area contributed by atoms with Gasteiger partial charge in [0.25, 0.3) is 0 Å². The summed E-state index contributed by atoms with van der Waals surface area (Å²) in [7, 11) is 0. The molecule has 0 heterocycles. The molecule has 0 rings (SSSR count). The second-order valence-corrected chi connectivity index (χ2v) is 4.99. The van der Waals surface area contributed by atoms with Gasteiger partial charge in [-0.1, -0.05) is 12.2 Å². The second-order valence-electron chi connectivity index (χ2n) is 4.99.